The lowest BCUT2D eigenvalue weighted by Crippen LogP contribution is -2.49. The van der Waals surface area contributed by atoms with Gasteiger partial charge in [-0.05, 0) is 63.3 Å². The number of aliphatic hydroxyl groups is 1. The zero-order chi connectivity index (χ0) is 34.4. The Bertz CT molecular complexity index is 1540. The van der Waals surface area contributed by atoms with Gasteiger partial charge in [-0.1, -0.05) is 30.3 Å². The molecule has 3 atom stereocenters. The highest BCUT2D eigenvalue weighted by molar-refractivity contribution is 5.75. The van der Waals surface area contributed by atoms with Crippen LogP contribution in [-0.4, -0.2) is 94.4 Å². The molecule has 5 rings (SSSR count). The summed E-state index contributed by atoms with van der Waals surface area (Å²) in [6, 6.07) is 11.4. The Morgan fingerprint density at radius 3 is 2.54 bits per heavy atom. The molecule has 0 unspecified atom stereocenters. The number of carbonyl (C=O) groups excluding carboxylic acids is 2. The maximum absolute atomic E-state index is 15.7. The summed E-state index contributed by atoms with van der Waals surface area (Å²) in [7, 11) is 0. The molecule has 1 aromatic heterocycles. The normalized spacial score (nSPS) is 19.3. The zero-order valence-corrected chi connectivity index (χ0v) is 27.6. The molecule has 260 valence electrons. The van der Waals surface area contributed by atoms with Gasteiger partial charge in [-0.3, -0.25) is 0 Å². The van der Waals surface area contributed by atoms with Gasteiger partial charge in [0.2, 0.25) is 0 Å². The number of hydrogen-bond acceptors (Lipinski definition) is 6. The third kappa shape index (κ3) is 8.67. The van der Waals surface area contributed by atoms with Crippen molar-refractivity contribution >= 4 is 12.1 Å². The third-order valence-electron chi connectivity index (χ3n) is 8.61. The van der Waals surface area contributed by atoms with Crippen LogP contribution in [0.25, 0.3) is 11.3 Å². The summed E-state index contributed by atoms with van der Waals surface area (Å²) in [5.74, 6) is -1.80. The van der Waals surface area contributed by atoms with Crippen molar-refractivity contribution in [3.63, 3.8) is 0 Å². The highest BCUT2D eigenvalue weighted by atomic mass is 19.1. The van der Waals surface area contributed by atoms with E-state index in [1.54, 1.807) is 27.0 Å². The number of imidazole rings is 1. The van der Waals surface area contributed by atoms with E-state index in [4.69, 9.17) is 14.5 Å². The molecule has 13 heteroatoms. The molecule has 10 nitrogen and oxygen atoms in total. The van der Waals surface area contributed by atoms with Crippen LogP contribution in [0.3, 0.4) is 0 Å². The van der Waals surface area contributed by atoms with Crippen molar-refractivity contribution < 1.29 is 37.3 Å². The fourth-order valence-corrected chi connectivity index (χ4v) is 6.35. The number of likely N-dealkylation sites (tertiary alicyclic amines) is 1. The average molecular weight is 672 g/mol. The van der Waals surface area contributed by atoms with E-state index in [-0.39, 0.29) is 50.0 Å². The number of halogens is 3. The Morgan fingerprint density at radius 1 is 1.12 bits per heavy atom. The third-order valence-corrected chi connectivity index (χ3v) is 8.61. The predicted molar refractivity (Wildman–Crippen MR) is 173 cm³/mol. The van der Waals surface area contributed by atoms with Crippen molar-refractivity contribution in [3.05, 3.63) is 77.8 Å². The van der Waals surface area contributed by atoms with Gasteiger partial charge in [0.25, 0.3) is 0 Å². The van der Waals surface area contributed by atoms with Crippen LogP contribution in [0.2, 0.25) is 0 Å². The quantitative estimate of drug-likeness (QED) is 0.293. The maximum atomic E-state index is 15.7. The molecule has 0 radical (unpaired) electrons. The zero-order valence-electron chi connectivity index (χ0n) is 27.6. The first-order valence-electron chi connectivity index (χ1n) is 16.3. The van der Waals surface area contributed by atoms with E-state index in [9.17, 15) is 19.1 Å². The summed E-state index contributed by atoms with van der Waals surface area (Å²) >= 11 is 0. The number of hydrogen-bond donors (Lipinski definition) is 2. The Labute approximate surface area is 278 Å². The second kappa shape index (κ2) is 15.4. The molecule has 2 N–H and O–H groups in total. The molecular weight excluding hydrogens is 627 g/mol. The van der Waals surface area contributed by atoms with Gasteiger partial charge in [-0.25, -0.2) is 27.7 Å². The second-order valence-corrected chi connectivity index (χ2v) is 13.4. The molecule has 0 saturated carbocycles. The summed E-state index contributed by atoms with van der Waals surface area (Å²) in [4.78, 5) is 34.6. The molecule has 2 aromatic carbocycles. The van der Waals surface area contributed by atoms with Crippen molar-refractivity contribution in [3.8, 4) is 11.3 Å². The Kier molecular flexibility index (Phi) is 11.3. The number of rotatable bonds is 10. The summed E-state index contributed by atoms with van der Waals surface area (Å²) in [6.07, 6.45) is 0.689. The molecule has 2 fully saturated rings. The van der Waals surface area contributed by atoms with Gasteiger partial charge in [0.1, 0.15) is 29.2 Å². The van der Waals surface area contributed by atoms with E-state index in [2.05, 4.69) is 5.32 Å². The summed E-state index contributed by atoms with van der Waals surface area (Å²) in [5.41, 5.74) is 0.306. The monoisotopic (exact) mass is 671 g/mol. The first kappa shape index (κ1) is 35.2. The van der Waals surface area contributed by atoms with E-state index < -0.39 is 47.5 Å². The molecule has 48 heavy (non-hydrogen) atoms. The van der Waals surface area contributed by atoms with Crippen LogP contribution in [-0.2, 0) is 16.0 Å². The first-order chi connectivity index (χ1) is 22.9. The van der Waals surface area contributed by atoms with Crippen LogP contribution < -0.4 is 5.32 Å². The Balaban J connectivity index is 1.58. The minimum absolute atomic E-state index is 0.0264. The predicted octanol–water partition coefficient (Wildman–Crippen LogP) is 5.55. The van der Waals surface area contributed by atoms with Crippen molar-refractivity contribution in [1.29, 1.82) is 0 Å². The van der Waals surface area contributed by atoms with Crippen LogP contribution in [0.4, 0.5) is 22.8 Å². The highest BCUT2D eigenvalue weighted by Gasteiger charge is 2.43. The smallest absolute Gasteiger partial charge is 0.410 e. The summed E-state index contributed by atoms with van der Waals surface area (Å²) < 4.78 is 58.2. The minimum Gasteiger partial charge on any atom is -0.444 e. The number of urea groups is 1. The van der Waals surface area contributed by atoms with E-state index in [0.29, 0.717) is 38.4 Å². The molecule has 2 aliphatic rings. The SMILES string of the molecule is CC(C)(C)OC(=O)N1C[C@@H](CN(C(=O)NCCO)[C@@H](c2nc(-c3cc(F)ccc3F)cn2Cc2ccccc2)C2CCOCC2)[C@@H](F)C1. The summed E-state index contributed by atoms with van der Waals surface area (Å²) in [6.45, 7) is 5.79. The molecule has 0 spiro atoms. The molecule has 2 saturated heterocycles. The molecule has 2 aliphatic heterocycles. The van der Waals surface area contributed by atoms with Gasteiger partial charge < -0.3 is 34.3 Å². The Morgan fingerprint density at radius 2 is 1.85 bits per heavy atom. The number of benzene rings is 2. The highest BCUT2D eigenvalue weighted by Crippen LogP contribution is 2.38. The molecule has 0 bridgehead atoms. The van der Waals surface area contributed by atoms with Crippen LogP contribution >= 0.6 is 0 Å². The number of nitrogens with one attached hydrogen (secondary N) is 1. The maximum Gasteiger partial charge on any atom is 0.410 e. The number of alkyl halides is 1. The number of aromatic nitrogens is 2. The van der Waals surface area contributed by atoms with Gasteiger partial charge in [0.15, 0.2) is 0 Å². The van der Waals surface area contributed by atoms with Gasteiger partial charge in [0.05, 0.1) is 24.9 Å². The van der Waals surface area contributed by atoms with Crippen LogP contribution in [0.1, 0.15) is 51.0 Å². The van der Waals surface area contributed by atoms with Crippen LogP contribution in [0.5, 0.6) is 0 Å². The molecular formula is C35H44F3N5O5. The number of amides is 3. The summed E-state index contributed by atoms with van der Waals surface area (Å²) in [5, 5.41) is 12.3. The minimum atomic E-state index is -1.44. The molecule has 3 aromatic rings. The van der Waals surface area contributed by atoms with E-state index in [0.717, 1.165) is 23.8 Å². The first-order valence-corrected chi connectivity index (χ1v) is 16.3. The molecule has 0 aliphatic carbocycles. The standard InChI is InChI=1S/C35H44F3N5O5/c1-35(2,3)48-34(46)42-19-25(29(38)21-42)20-43(33(45)39-13-14-44)31(24-11-15-47-16-12-24)32-40-30(27-17-26(36)9-10-28(27)37)22-41(32)18-23-7-5-4-6-8-23/h4-10,17,22,24-25,29,31,44H,11-16,18-21H2,1-3H3,(H,39,45)/t25-,29-,31+/m0/s1. The Hall–Kier alpha value is -4.10. The fourth-order valence-electron chi connectivity index (χ4n) is 6.35. The van der Waals surface area contributed by atoms with Crippen LogP contribution in [0, 0.1) is 23.5 Å². The van der Waals surface area contributed by atoms with Crippen molar-refractivity contribution in [2.24, 2.45) is 11.8 Å². The van der Waals surface area contributed by atoms with Gasteiger partial charge in [-0.2, -0.15) is 0 Å². The number of ether oxygens (including phenoxy) is 2. The van der Waals surface area contributed by atoms with Crippen molar-refractivity contribution in [2.75, 3.05) is 46.0 Å². The lowest BCUT2D eigenvalue weighted by Gasteiger charge is -2.39. The fraction of sp³-hybridized carbons (Fsp3) is 0.514. The average Bonchev–Trinajstić information content (AvgIpc) is 3.63. The van der Waals surface area contributed by atoms with E-state index >= 15 is 8.78 Å². The lowest BCUT2D eigenvalue weighted by molar-refractivity contribution is 0.0237. The second-order valence-electron chi connectivity index (χ2n) is 13.4. The van der Waals surface area contributed by atoms with Gasteiger partial charge >= 0.3 is 12.1 Å². The topological polar surface area (TPSA) is 109 Å². The number of carbonyl (C=O) groups is 2. The van der Waals surface area contributed by atoms with Crippen LogP contribution in [0.15, 0.2) is 54.7 Å². The van der Waals surface area contributed by atoms with Gasteiger partial charge in [0, 0.05) is 57.1 Å². The van der Waals surface area contributed by atoms with Crippen molar-refractivity contribution in [1.82, 2.24) is 24.7 Å². The van der Waals surface area contributed by atoms with E-state index in [1.165, 1.54) is 9.80 Å². The van der Waals surface area contributed by atoms with Gasteiger partial charge in [-0.15, -0.1) is 0 Å². The number of nitrogens with zero attached hydrogens (tertiary/aromatic N) is 4. The largest absolute Gasteiger partial charge is 0.444 e. The molecule has 3 amide bonds. The van der Waals surface area contributed by atoms with E-state index in [1.807, 2.05) is 34.9 Å². The molecule has 3 heterocycles. The number of aliphatic hydroxyl groups excluding tert-OH is 1. The van der Waals surface area contributed by atoms with Crippen molar-refractivity contribution in [2.45, 2.75) is 58.0 Å². The lowest BCUT2D eigenvalue weighted by atomic mass is 9.89.